The SMILES string of the molecule is C#CC(CCC)OC(=O)CCCCBr. The lowest BCUT2D eigenvalue weighted by Crippen LogP contribution is -2.15. The van der Waals surface area contributed by atoms with Crippen LogP contribution in [-0.4, -0.2) is 17.4 Å². The number of unbranched alkanes of at least 4 members (excludes halogenated alkanes) is 1. The molecule has 1 unspecified atom stereocenters. The van der Waals surface area contributed by atoms with Crippen molar-refractivity contribution in [2.24, 2.45) is 0 Å². The number of ether oxygens (including phenoxy) is 1. The van der Waals surface area contributed by atoms with Crippen molar-refractivity contribution in [1.29, 1.82) is 0 Å². The van der Waals surface area contributed by atoms with E-state index in [2.05, 4.69) is 21.9 Å². The van der Waals surface area contributed by atoms with Gasteiger partial charge in [-0.15, -0.1) is 6.42 Å². The van der Waals surface area contributed by atoms with Gasteiger partial charge >= 0.3 is 5.97 Å². The van der Waals surface area contributed by atoms with Gasteiger partial charge in [0.2, 0.25) is 0 Å². The fraction of sp³-hybridized carbons (Fsp3) is 0.727. The molecule has 0 aliphatic rings. The number of hydrogen-bond donors (Lipinski definition) is 0. The van der Waals surface area contributed by atoms with Gasteiger partial charge in [-0.05, 0) is 19.3 Å². The van der Waals surface area contributed by atoms with Crippen LogP contribution in [0, 0.1) is 12.3 Å². The zero-order valence-corrected chi connectivity index (χ0v) is 10.2. The van der Waals surface area contributed by atoms with Crippen LogP contribution in [0.2, 0.25) is 0 Å². The summed E-state index contributed by atoms with van der Waals surface area (Å²) in [5.41, 5.74) is 0. The molecule has 0 aromatic heterocycles. The topological polar surface area (TPSA) is 26.3 Å². The van der Waals surface area contributed by atoms with Gasteiger partial charge in [-0.1, -0.05) is 35.2 Å². The van der Waals surface area contributed by atoms with Crippen LogP contribution in [0.15, 0.2) is 0 Å². The summed E-state index contributed by atoms with van der Waals surface area (Å²) in [6.07, 6.45) is 8.89. The summed E-state index contributed by atoms with van der Waals surface area (Å²) < 4.78 is 5.10. The largest absolute Gasteiger partial charge is 0.449 e. The predicted molar refractivity (Wildman–Crippen MR) is 61.3 cm³/mol. The van der Waals surface area contributed by atoms with Crippen LogP contribution in [0.3, 0.4) is 0 Å². The Balaban J connectivity index is 3.63. The highest BCUT2D eigenvalue weighted by atomic mass is 79.9. The summed E-state index contributed by atoms with van der Waals surface area (Å²) in [4.78, 5) is 11.2. The number of terminal acetylenes is 1. The van der Waals surface area contributed by atoms with Crippen LogP contribution in [0.5, 0.6) is 0 Å². The number of rotatable bonds is 7. The third kappa shape index (κ3) is 6.97. The number of hydrogen-bond acceptors (Lipinski definition) is 2. The summed E-state index contributed by atoms with van der Waals surface area (Å²) >= 11 is 3.30. The van der Waals surface area contributed by atoms with Gasteiger partial charge in [0.25, 0.3) is 0 Å². The molecule has 1 atom stereocenters. The number of esters is 1. The number of carbonyl (C=O) groups excluding carboxylic acids is 1. The maximum absolute atomic E-state index is 11.2. The van der Waals surface area contributed by atoms with Gasteiger partial charge in [0.05, 0.1) is 0 Å². The fourth-order valence-corrected chi connectivity index (χ4v) is 1.42. The van der Waals surface area contributed by atoms with Crippen molar-refractivity contribution in [1.82, 2.24) is 0 Å². The fourth-order valence-electron chi connectivity index (χ4n) is 1.02. The molecule has 14 heavy (non-hydrogen) atoms. The van der Waals surface area contributed by atoms with Crippen LogP contribution < -0.4 is 0 Å². The molecule has 0 aliphatic carbocycles. The van der Waals surface area contributed by atoms with E-state index in [0.717, 1.165) is 31.0 Å². The van der Waals surface area contributed by atoms with Gasteiger partial charge < -0.3 is 4.74 Å². The highest BCUT2D eigenvalue weighted by Gasteiger charge is 2.09. The number of carbonyl (C=O) groups is 1. The van der Waals surface area contributed by atoms with Crippen molar-refractivity contribution in [2.75, 3.05) is 5.33 Å². The molecule has 0 bridgehead atoms. The Morgan fingerprint density at radius 3 is 2.79 bits per heavy atom. The van der Waals surface area contributed by atoms with E-state index in [1.807, 2.05) is 6.92 Å². The summed E-state index contributed by atoms with van der Waals surface area (Å²) in [5, 5.41) is 0.924. The van der Waals surface area contributed by atoms with Crippen molar-refractivity contribution in [3.63, 3.8) is 0 Å². The monoisotopic (exact) mass is 260 g/mol. The van der Waals surface area contributed by atoms with E-state index < -0.39 is 0 Å². The van der Waals surface area contributed by atoms with Gasteiger partial charge in [-0.3, -0.25) is 4.79 Å². The Bertz CT molecular complexity index is 196. The van der Waals surface area contributed by atoms with Crippen LogP contribution in [0.4, 0.5) is 0 Å². The van der Waals surface area contributed by atoms with Crippen LogP contribution >= 0.6 is 15.9 Å². The maximum atomic E-state index is 11.2. The Morgan fingerprint density at radius 1 is 1.57 bits per heavy atom. The molecule has 0 aromatic carbocycles. The smallest absolute Gasteiger partial charge is 0.307 e. The van der Waals surface area contributed by atoms with Crippen LogP contribution in [0.1, 0.15) is 39.0 Å². The Kier molecular flexibility index (Phi) is 8.76. The average molecular weight is 261 g/mol. The molecule has 2 nitrogen and oxygen atoms in total. The Labute approximate surface area is 94.5 Å². The zero-order valence-electron chi connectivity index (χ0n) is 8.59. The van der Waals surface area contributed by atoms with E-state index in [9.17, 15) is 4.79 Å². The van der Waals surface area contributed by atoms with E-state index in [0.29, 0.717) is 6.42 Å². The normalized spacial score (nSPS) is 11.8. The quantitative estimate of drug-likeness (QED) is 0.305. The first-order valence-corrected chi connectivity index (χ1v) is 6.08. The molecule has 0 spiro atoms. The Morgan fingerprint density at radius 2 is 2.29 bits per heavy atom. The van der Waals surface area contributed by atoms with Crippen LogP contribution in [-0.2, 0) is 9.53 Å². The van der Waals surface area contributed by atoms with E-state index in [-0.39, 0.29) is 12.1 Å². The molecular formula is C11H17BrO2. The number of halogens is 1. The molecule has 0 amide bonds. The molecule has 0 N–H and O–H groups in total. The summed E-state index contributed by atoms with van der Waals surface area (Å²) in [6.45, 7) is 2.02. The van der Waals surface area contributed by atoms with Crippen LogP contribution in [0.25, 0.3) is 0 Å². The van der Waals surface area contributed by atoms with Crippen molar-refractivity contribution >= 4 is 21.9 Å². The third-order valence-corrected chi connectivity index (χ3v) is 2.34. The maximum Gasteiger partial charge on any atom is 0.307 e. The molecule has 0 aromatic rings. The number of alkyl halides is 1. The Hall–Kier alpha value is -0.490. The molecule has 0 fully saturated rings. The molecule has 0 rings (SSSR count). The van der Waals surface area contributed by atoms with E-state index in [4.69, 9.17) is 11.2 Å². The second-order valence-corrected chi connectivity index (χ2v) is 3.87. The first-order valence-electron chi connectivity index (χ1n) is 4.96. The van der Waals surface area contributed by atoms with E-state index in [1.54, 1.807) is 0 Å². The predicted octanol–water partition coefficient (Wildman–Crippen LogP) is 2.90. The zero-order chi connectivity index (χ0) is 10.8. The highest BCUT2D eigenvalue weighted by Crippen LogP contribution is 2.05. The van der Waals surface area contributed by atoms with Gasteiger partial charge in [-0.2, -0.15) is 0 Å². The first kappa shape index (κ1) is 13.5. The van der Waals surface area contributed by atoms with E-state index in [1.165, 1.54) is 0 Å². The van der Waals surface area contributed by atoms with Crippen molar-refractivity contribution < 1.29 is 9.53 Å². The minimum atomic E-state index is -0.337. The minimum absolute atomic E-state index is 0.178. The molecule has 3 heteroatoms. The molecule has 0 heterocycles. The lowest BCUT2D eigenvalue weighted by atomic mass is 10.2. The van der Waals surface area contributed by atoms with Gasteiger partial charge in [-0.25, -0.2) is 0 Å². The summed E-state index contributed by atoms with van der Waals surface area (Å²) in [5.74, 6) is 2.29. The van der Waals surface area contributed by atoms with E-state index >= 15 is 0 Å². The average Bonchev–Trinajstić information content (AvgIpc) is 2.17. The standard InChI is InChI=1S/C11H17BrO2/c1-3-7-10(4-2)14-11(13)8-5-6-9-12/h2,10H,3,5-9H2,1H3. The van der Waals surface area contributed by atoms with Crippen molar-refractivity contribution in [3.05, 3.63) is 0 Å². The summed E-state index contributed by atoms with van der Waals surface area (Å²) in [6, 6.07) is 0. The molecule has 0 saturated carbocycles. The lowest BCUT2D eigenvalue weighted by molar-refractivity contribution is -0.146. The van der Waals surface area contributed by atoms with Gasteiger partial charge in [0, 0.05) is 11.8 Å². The molecule has 80 valence electrons. The second kappa shape index (κ2) is 9.08. The first-order chi connectivity index (χ1) is 6.74. The molecular weight excluding hydrogens is 244 g/mol. The minimum Gasteiger partial charge on any atom is -0.449 e. The van der Waals surface area contributed by atoms with Crippen molar-refractivity contribution in [3.8, 4) is 12.3 Å². The van der Waals surface area contributed by atoms with Gasteiger partial charge in [0.15, 0.2) is 6.10 Å². The molecule has 0 aliphatic heterocycles. The van der Waals surface area contributed by atoms with Crippen molar-refractivity contribution in [2.45, 2.75) is 45.1 Å². The molecule has 0 radical (unpaired) electrons. The lowest BCUT2D eigenvalue weighted by Gasteiger charge is -2.10. The second-order valence-electron chi connectivity index (χ2n) is 3.08. The summed E-state index contributed by atoms with van der Waals surface area (Å²) in [7, 11) is 0. The third-order valence-electron chi connectivity index (χ3n) is 1.77. The highest BCUT2D eigenvalue weighted by molar-refractivity contribution is 9.09. The van der Waals surface area contributed by atoms with Gasteiger partial charge in [0.1, 0.15) is 0 Å². The molecule has 0 saturated heterocycles.